The van der Waals surface area contributed by atoms with E-state index < -0.39 is 47.1 Å². The van der Waals surface area contributed by atoms with Gasteiger partial charge >= 0.3 is 5.97 Å². The molecule has 1 saturated carbocycles. The quantitative estimate of drug-likeness (QED) is 0.202. The number of carboxylic acid groups (broad SMARTS) is 1. The third-order valence-electron chi connectivity index (χ3n) is 7.96. The first kappa shape index (κ1) is 32.2. The molecule has 5 rings (SSSR count). The molecule has 2 aliphatic rings. The molecule has 2 amide bonds. The van der Waals surface area contributed by atoms with Crippen molar-refractivity contribution in [1.29, 1.82) is 0 Å². The van der Waals surface area contributed by atoms with Crippen LogP contribution >= 0.6 is 23.2 Å². The molecule has 44 heavy (non-hydrogen) atoms. The molecule has 9 nitrogen and oxygen atoms in total. The van der Waals surface area contributed by atoms with E-state index in [1.807, 2.05) is 0 Å². The fraction of sp³-hybridized carbons (Fsp3) is 0.323. The molecule has 0 unspecified atom stereocenters. The number of rotatable bonds is 9. The smallest absolute Gasteiger partial charge is 0.335 e. The van der Waals surface area contributed by atoms with E-state index in [4.69, 9.17) is 28.0 Å². The van der Waals surface area contributed by atoms with Gasteiger partial charge in [0.2, 0.25) is 0 Å². The molecule has 3 aromatic rings. The van der Waals surface area contributed by atoms with Crippen molar-refractivity contribution in [1.82, 2.24) is 15.1 Å². The number of carbonyl (C=O) groups excluding carboxylic acids is 2. The number of hydrogen-bond acceptors (Lipinski definition) is 6. The van der Waals surface area contributed by atoms with Crippen molar-refractivity contribution in [2.75, 3.05) is 6.26 Å². The van der Waals surface area contributed by atoms with Crippen LogP contribution in [0.2, 0.25) is 10.0 Å². The van der Waals surface area contributed by atoms with Crippen molar-refractivity contribution in [2.24, 2.45) is 0 Å². The van der Waals surface area contributed by atoms with E-state index in [2.05, 4.69) is 10.2 Å². The molecular formula is C31H30Cl2FN3O6S. The average molecular weight is 663 g/mol. The average Bonchev–Trinajstić information content (AvgIpc) is 2.97. The second-order valence-electron chi connectivity index (χ2n) is 10.8. The van der Waals surface area contributed by atoms with Gasteiger partial charge in [-0.15, -0.1) is 4.72 Å². The fourth-order valence-corrected chi connectivity index (χ4v) is 7.40. The molecule has 1 aliphatic heterocycles. The van der Waals surface area contributed by atoms with Gasteiger partial charge in [0.25, 0.3) is 11.8 Å². The summed E-state index contributed by atoms with van der Waals surface area (Å²) in [5.74, 6) is -3.95. The summed E-state index contributed by atoms with van der Waals surface area (Å²) < 4.78 is 29.4. The van der Waals surface area contributed by atoms with Gasteiger partial charge in [-0.05, 0) is 65.9 Å². The van der Waals surface area contributed by atoms with E-state index >= 15 is 0 Å². The van der Waals surface area contributed by atoms with Gasteiger partial charge in [0.1, 0.15) is 12.1 Å². The van der Waals surface area contributed by atoms with Crippen molar-refractivity contribution in [3.05, 3.63) is 104 Å². The molecule has 0 saturated heterocycles. The first-order chi connectivity index (χ1) is 21.0. The number of amides is 2. The zero-order valence-corrected chi connectivity index (χ0v) is 25.9. The molecule has 3 N–H and O–H groups in total. The van der Waals surface area contributed by atoms with Crippen LogP contribution in [0.3, 0.4) is 0 Å². The number of carboxylic acids is 1. The molecule has 5 atom stereocenters. The molecule has 0 aromatic heterocycles. The Morgan fingerprint density at radius 1 is 1.09 bits per heavy atom. The van der Waals surface area contributed by atoms with Crippen LogP contribution in [0.15, 0.2) is 60.7 Å². The third-order valence-corrected chi connectivity index (χ3v) is 9.16. The molecule has 0 spiro atoms. The first-order valence-electron chi connectivity index (χ1n) is 14.0. The van der Waals surface area contributed by atoms with Gasteiger partial charge in [-0.2, -0.15) is 0 Å². The minimum absolute atomic E-state index is 0.199. The van der Waals surface area contributed by atoms with Crippen LogP contribution in [-0.2, 0) is 27.6 Å². The van der Waals surface area contributed by atoms with E-state index in [1.54, 1.807) is 47.4 Å². The summed E-state index contributed by atoms with van der Waals surface area (Å²) in [4.78, 5) is 46.9. The normalized spacial score (nSPS) is 22.3. The summed E-state index contributed by atoms with van der Waals surface area (Å²) in [7, 11) is 0. The van der Waals surface area contributed by atoms with Crippen LogP contribution in [-0.4, -0.2) is 50.7 Å². The highest BCUT2D eigenvalue weighted by molar-refractivity contribution is 7.88. The number of hydrogen-bond donors (Lipinski definition) is 3. The second-order valence-corrected chi connectivity index (χ2v) is 12.8. The number of fused-ring (bicyclic) bond motifs is 1. The lowest BCUT2D eigenvalue weighted by Gasteiger charge is -2.48. The monoisotopic (exact) mass is 661 g/mol. The first-order valence-corrected chi connectivity index (χ1v) is 16.3. The van der Waals surface area contributed by atoms with Crippen LogP contribution in [0, 0.1) is 5.82 Å². The Balaban J connectivity index is 1.55. The van der Waals surface area contributed by atoms with E-state index in [9.17, 15) is 28.4 Å². The lowest BCUT2D eigenvalue weighted by molar-refractivity contribution is -0.138. The molecule has 1 fully saturated rings. The molecule has 1 aliphatic carbocycles. The van der Waals surface area contributed by atoms with E-state index in [-0.39, 0.29) is 34.7 Å². The lowest BCUT2D eigenvalue weighted by atomic mass is 9.76. The minimum Gasteiger partial charge on any atom is -0.598 e. The van der Waals surface area contributed by atoms with Crippen molar-refractivity contribution in [3.63, 3.8) is 0 Å². The van der Waals surface area contributed by atoms with Gasteiger partial charge in [0.05, 0.1) is 36.2 Å². The third kappa shape index (κ3) is 6.88. The van der Waals surface area contributed by atoms with Gasteiger partial charge in [-0.25, -0.2) is 14.7 Å². The maximum Gasteiger partial charge on any atom is 0.335 e. The van der Waals surface area contributed by atoms with Crippen LogP contribution in [0.5, 0.6) is 0 Å². The fourth-order valence-electron chi connectivity index (χ4n) is 6.18. The highest BCUT2D eigenvalue weighted by atomic mass is 35.5. The molecule has 13 heteroatoms. The summed E-state index contributed by atoms with van der Waals surface area (Å²) in [6.07, 6.45) is 4.55. The molecule has 3 aromatic carbocycles. The van der Waals surface area contributed by atoms with Crippen LogP contribution < -0.4 is 10.2 Å². The maximum absolute atomic E-state index is 14.3. The number of nitrogens with zero attached hydrogens (tertiary/aromatic N) is 1. The standard InChI is InChI=1S/C31H30Cl2FN3O6S/c1-44(42)36-25-8-4-5-9-26(25)37-28(23-11-10-19(32)15-24(23)33)27(21-6-2-3-7-22(21)30(37)39)29(38)35-43-16-17-12-18(31(40)41)14-20(34)13-17/h2-3,6-7,10-15,25-28,36H,4-5,8-9,16H2,1H3,(H,35,38)(H,40,41)/t25-,26-,27+,28-,44-/m0/s1. The Hall–Kier alpha value is -3.19. The van der Waals surface area contributed by atoms with E-state index in [0.29, 0.717) is 34.6 Å². The van der Waals surface area contributed by atoms with Crippen molar-refractivity contribution < 1.29 is 33.3 Å². The van der Waals surface area contributed by atoms with Gasteiger partial charge < -0.3 is 14.6 Å². The lowest BCUT2D eigenvalue weighted by Crippen LogP contribution is -2.59. The highest BCUT2D eigenvalue weighted by Crippen LogP contribution is 2.47. The number of carbonyl (C=O) groups is 3. The predicted octanol–water partition coefficient (Wildman–Crippen LogP) is 5.55. The Labute approximate surface area is 266 Å². The van der Waals surface area contributed by atoms with Crippen molar-refractivity contribution >= 4 is 52.3 Å². The van der Waals surface area contributed by atoms with Crippen LogP contribution in [0.4, 0.5) is 4.39 Å². The Kier molecular flexibility index (Phi) is 10.1. The summed E-state index contributed by atoms with van der Waals surface area (Å²) in [5.41, 5.74) is 3.68. The molecule has 0 bridgehead atoms. The number of aromatic carboxylic acids is 1. The molecular weight excluding hydrogens is 632 g/mol. The zero-order chi connectivity index (χ0) is 31.5. The van der Waals surface area contributed by atoms with Crippen molar-refractivity contribution in [3.8, 4) is 0 Å². The topological polar surface area (TPSA) is 131 Å². The maximum atomic E-state index is 14.3. The van der Waals surface area contributed by atoms with Gasteiger partial charge in [0.15, 0.2) is 0 Å². The SMILES string of the molecule is C[S@+]([O-])N[C@H]1CCCC[C@@H]1N1C(=O)c2ccccc2[C@@H](C(=O)NOCc2cc(F)cc(C(=O)O)c2)[C@@H]1c1ccc(Cl)cc1Cl. The Bertz CT molecular complexity index is 1580. The highest BCUT2D eigenvalue weighted by Gasteiger charge is 2.49. The molecule has 232 valence electrons. The summed E-state index contributed by atoms with van der Waals surface area (Å²) >= 11 is 11.6. The number of nitrogens with one attached hydrogen (secondary N) is 2. The second kappa shape index (κ2) is 13.8. The number of benzene rings is 3. The zero-order valence-electron chi connectivity index (χ0n) is 23.6. The Morgan fingerprint density at radius 3 is 2.57 bits per heavy atom. The minimum atomic E-state index is -1.35. The largest absolute Gasteiger partial charge is 0.598 e. The van der Waals surface area contributed by atoms with E-state index in [1.165, 1.54) is 12.3 Å². The Morgan fingerprint density at radius 2 is 1.84 bits per heavy atom. The summed E-state index contributed by atoms with van der Waals surface area (Å²) in [5, 5.41) is 9.90. The molecule has 1 heterocycles. The number of hydroxylamine groups is 1. The molecule has 0 radical (unpaired) electrons. The van der Waals surface area contributed by atoms with Crippen LogP contribution in [0.1, 0.15) is 75.0 Å². The van der Waals surface area contributed by atoms with Gasteiger partial charge in [-0.1, -0.05) is 60.3 Å². The van der Waals surface area contributed by atoms with Gasteiger partial charge in [0, 0.05) is 27.0 Å². The van der Waals surface area contributed by atoms with Crippen LogP contribution in [0.25, 0.3) is 0 Å². The number of halogens is 3. The van der Waals surface area contributed by atoms with E-state index in [0.717, 1.165) is 25.0 Å². The summed E-state index contributed by atoms with van der Waals surface area (Å²) in [6.45, 7) is -0.315. The van der Waals surface area contributed by atoms with Gasteiger partial charge in [-0.3, -0.25) is 14.4 Å². The van der Waals surface area contributed by atoms with Crippen molar-refractivity contribution in [2.45, 2.75) is 56.3 Å². The predicted molar refractivity (Wildman–Crippen MR) is 164 cm³/mol. The summed E-state index contributed by atoms with van der Waals surface area (Å²) in [6, 6.07) is 13.3.